The van der Waals surface area contributed by atoms with E-state index in [0.29, 0.717) is 16.1 Å². The van der Waals surface area contributed by atoms with Crippen molar-refractivity contribution in [1.82, 2.24) is 15.0 Å². The first-order valence-corrected chi connectivity index (χ1v) is 12.3. The molecule has 1 aliphatic rings. The van der Waals surface area contributed by atoms with Crippen molar-refractivity contribution in [3.63, 3.8) is 0 Å². The highest BCUT2D eigenvalue weighted by Gasteiger charge is 2.30. The van der Waals surface area contributed by atoms with Crippen molar-refractivity contribution in [2.45, 2.75) is 61.9 Å². The zero-order valence-corrected chi connectivity index (χ0v) is 19.1. The maximum atomic E-state index is 13.0. The molecule has 2 aromatic rings. The van der Waals surface area contributed by atoms with Gasteiger partial charge in [-0.1, -0.05) is 6.07 Å². The molecule has 0 bridgehead atoms. The number of nitrogens with zero attached hydrogens (tertiary/aromatic N) is 1. The topological polar surface area (TPSA) is 155 Å². The summed E-state index contributed by atoms with van der Waals surface area (Å²) in [6, 6.07) is 4.69. The van der Waals surface area contributed by atoms with Crippen LogP contribution in [-0.2, 0) is 10.0 Å². The Bertz CT molecular complexity index is 1040. The van der Waals surface area contributed by atoms with Gasteiger partial charge in [0.15, 0.2) is 0 Å². The van der Waals surface area contributed by atoms with Crippen LogP contribution in [0, 0.1) is 0 Å². The zero-order chi connectivity index (χ0) is 22.8. The fraction of sp³-hybridized carbons (Fsp3) is 0.500. The van der Waals surface area contributed by atoms with E-state index in [1.165, 1.54) is 17.4 Å². The van der Waals surface area contributed by atoms with Crippen LogP contribution in [0.5, 0.6) is 0 Å². The second kappa shape index (κ2) is 9.11. The van der Waals surface area contributed by atoms with E-state index in [-0.39, 0.29) is 23.5 Å². The Morgan fingerprint density at radius 2 is 1.97 bits per heavy atom. The molecule has 31 heavy (non-hydrogen) atoms. The molecule has 1 aromatic heterocycles. The van der Waals surface area contributed by atoms with Gasteiger partial charge in [-0.3, -0.25) is 0 Å². The molecule has 1 saturated carbocycles. The van der Waals surface area contributed by atoms with Crippen LogP contribution in [0.4, 0.5) is 10.5 Å². The molecule has 0 aliphatic heterocycles. The third-order valence-corrected chi connectivity index (χ3v) is 8.23. The van der Waals surface area contributed by atoms with Gasteiger partial charge in [-0.25, -0.2) is 22.9 Å². The normalized spacial score (nSPS) is 19.8. The van der Waals surface area contributed by atoms with E-state index in [2.05, 4.69) is 15.0 Å². The number of carbonyl (C=O) groups is 1. The molecule has 0 unspecified atom stereocenters. The Labute approximate surface area is 185 Å². The number of sulfonamides is 1. The molecule has 0 spiro atoms. The Hall–Kier alpha value is -2.21. The lowest BCUT2D eigenvalue weighted by molar-refractivity contribution is 0.185. The van der Waals surface area contributed by atoms with Gasteiger partial charge in [0.1, 0.15) is 0 Å². The van der Waals surface area contributed by atoms with E-state index < -0.39 is 21.7 Å². The minimum Gasteiger partial charge on any atom is -0.465 e. The van der Waals surface area contributed by atoms with Crippen molar-refractivity contribution >= 4 is 33.1 Å². The van der Waals surface area contributed by atoms with Crippen molar-refractivity contribution in [2.24, 2.45) is 0 Å². The Kier molecular flexibility index (Phi) is 6.89. The molecule has 0 saturated heterocycles. The highest BCUT2D eigenvalue weighted by atomic mass is 32.2. The Morgan fingerprint density at radius 3 is 2.58 bits per heavy atom. The number of amides is 1. The molecule has 6 N–H and O–H groups in total. The number of anilines is 1. The van der Waals surface area contributed by atoms with Crippen LogP contribution in [0.25, 0.3) is 10.4 Å². The molecule has 11 heteroatoms. The molecule has 1 amide bonds. The summed E-state index contributed by atoms with van der Waals surface area (Å²) in [4.78, 5) is 16.1. The smallest absolute Gasteiger partial charge is 0.404 e. The van der Waals surface area contributed by atoms with E-state index in [1.807, 2.05) is 0 Å². The van der Waals surface area contributed by atoms with Gasteiger partial charge in [-0.05, 0) is 51.7 Å². The summed E-state index contributed by atoms with van der Waals surface area (Å²) in [7, 11) is -3.94. The number of benzene rings is 1. The zero-order valence-electron chi connectivity index (χ0n) is 17.5. The lowest BCUT2D eigenvalue weighted by Gasteiger charge is -2.27. The summed E-state index contributed by atoms with van der Waals surface area (Å²) in [5.74, 6) is 0.214. The SMILES string of the molecule is CC(C)(CO)NS(=O)(=O)c1cc(N)ccc1-c1cnc(C2CCC(NC(=O)O)CC2)s1. The molecule has 3 rings (SSSR count). The number of aliphatic hydroxyl groups is 1. The van der Waals surface area contributed by atoms with E-state index >= 15 is 0 Å². The number of thiazole rings is 1. The minimum atomic E-state index is -3.94. The first-order valence-electron chi connectivity index (χ1n) is 10.0. The average molecular weight is 469 g/mol. The van der Waals surface area contributed by atoms with Crippen molar-refractivity contribution in [2.75, 3.05) is 12.3 Å². The fourth-order valence-corrected chi connectivity index (χ4v) is 6.53. The van der Waals surface area contributed by atoms with E-state index in [1.54, 1.807) is 32.2 Å². The maximum Gasteiger partial charge on any atom is 0.404 e. The van der Waals surface area contributed by atoms with Gasteiger partial charge in [0.25, 0.3) is 0 Å². The molecule has 1 heterocycles. The molecule has 1 aliphatic carbocycles. The molecular weight excluding hydrogens is 440 g/mol. The van der Waals surface area contributed by atoms with Crippen LogP contribution >= 0.6 is 11.3 Å². The van der Waals surface area contributed by atoms with Gasteiger partial charge >= 0.3 is 6.09 Å². The van der Waals surface area contributed by atoms with Crippen molar-refractivity contribution in [1.29, 1.82) is 0 Å². The largest absolute Gasteiger partial charge is 0.465 e. The molecule has 0 radical (unpaired) electrons. The second-order valence-electron chi connectivity index (χ2n) is 8.46. The number of nitrogens with two attached hydrogens (primary N) is 1. The third-order valence-electron chi connectivity index (χ3n) is 5.29. The summed E-state index contributed by atoms with van der Waals surface area (Å²) >= 11 is 1.44. The maximum absolute atomic E-state index is 13.0. The highest BCUT2D eigenvalue weighted by molar-refractivity contribution is 7.89. The summed E-state index contributed by atoms with van der Waals surface area (Å²) in [6.45, 7) is 2.84. The summed E-state index contributed by atoms with van der Waals surface area (Å²) < 4.78 is 28.6. The van der Waals surface area contributed by atoms with Gasteiger partial charge in [-0.15, -0.1) is 11.3 Å². The van der Waals surface area contributed by atoms with Gasteiger partial charge in [0, 0.05) is 29.4 Å². The van der Waals surface area contributed by atoms with Crippen LogP contribution in [0.15, 0.2) is 29.3 Å². The summed E-state index contributed by atoms with van der Waals surface area (Å²) in [5, 5.41) is 21.8. The van der Waals surface area contributed by atoms with Crippen LogP contribution in [0.1, 0.15) is 50.5 Å². The van der Waals surface area contributed by atoms with Crippen molar-refractivity contribution in [3.05, 3.63) is 29.4 Å². The van der Waals surface area contributed by atoms with E-state index in [9.17, 15) is 18.3 Å². The van der Waals surface area contributed by atoms with Crippen LogP contribution < -0.4 is 15.8 Å². The Morgan fingerprint density at radius 1 is 1.29 bits per heavy atom. The number of nitrogen functional groups attached to an aromatic ring is 1. The van der Waals surface area contributed by atoms with Crippen LogP contribution in [0.2, 0.25) is 0 Å². The number of nitrogens with one attached hydrogen (secondary N) is 2. The summed E-state index contributed by atoms with van der Waals surface area (Å²) in [5.41, 5.74) is 5.66. The lowest BCUT2D eigenvalue weighted by Crippen LogP contribution is -2.46. The molecular formula is C20H28N4O5S2. The van der Waals surface area contributed by atoms with E-state index in [0.717, 1.165) is 30.7 Å². The van der Waals surface area contributed by atoms with Gasteiger partial charge in [0.05, 0.1) is 26.9 Å². The monoisotopic (exact) mass is 468 g/mol. The number of hydrogen-bond acceptors (Lipinski definition) is 7. The quantitative estimate of drug-likeness (QED) is 0.391. The highest BCUT2D eigenvalue weighted by Crippen LogP contribution is 2.39. The van der Waals surface area contributed by atoms with E-state index in [4.69, 9.17) is 10.8 Å². The third kappa shape index (κ3) is 5.73. The fourth-order valence-electron chi connectivity index (χ4n) is 3.68. The number of carboxylic acid groups (broad SMARTS) is 1. The number of aromatic nitrogens is 1. The van der Waals surface area contributed by atoms with Crippen molar-refractivity contribution < 1.29 is 23.4 Å². The lowest BCUT2D eigenvalue weighted by atomic mass is 9.86. The summed E-state index contributed by atoms with van der Waals surface area (Å²) in [6.07, 6.45) is 3.79. The molecule has 9 nitrogen and oxygen atoms in total. The first-order chi connectivity index (χ1) is 14.5. The standard InChI is InChI=1S/C20H28N4O5S2/c1-20(2,11-25)24-31(28,29)17-9-13(21)5-8-15(17)16-10-22-18(30-16)12-3-6-14(7-4-12)23-19(26)27/h5,8-10,12,14,23-25H,3-4,6-7,11,21H2,1-2H3,(H,26,27). The van der Waals surface area contributed by atoms with Gasteiger partial charge in [-0.2, -0.15) is 0 Å². The van der Waals surface area contributed by atoms with Crippen LogP contribution in [0.3, 0.4) is 0 Å². The second-order valence-corrected chi connectivity index (χ2v) is 11.2. The molecule has 1 fully saturated rings. The number of rotatable bonds is 7. The minimum absolute atomic E-state index is 0.0389. The average Bonchev–Trinajstić information content (AvgIpc) is 3.17. The van der Waals surface area contributed by atoms with Gasteiger partial charge < -0.3 is 21.3 Å². The predicted molar refractivity (Wildman–Crippen MR) is 120 cm³/mol. The van der Waals surface area contributed by atoms with Crippen LogP contribution in [-0.4, -0.2) is 47.9 Å². The number of hydrogen-bond donors (Lipinski definition) is 5. The first kappa shape index (κ1) is 23.5. The van der Waals surface area contributed by atoms with Crippen molar-refractivity contribution in [3.8, 4) is 10.4 Å². The predicted octanol–water partition coefficient (Wildman–Crippen LogP) is 2.74. The molecule has 1 aromatic carbocycles. The van der Waals surface area contributed by atoms with Gasteiger partial charge in [0.2, 0.25) is 10.0 Å². The number of aliphatic hydroxyl groups excluding tert-OH is 1. The Balaban J connectivity index is 1.85. The molecule has 170 valence electrons. The molecule has 0 atom stereocenters.